The molecular formula is C16H23N5. The Hall–Kier alpha value is -2.30. The van der Waals surface area contributed by atoms with Crippen molar-refractivity contribution in [2.75, 3.05) is 13.6 Å². The van der Waals surface area contributed by atoms with E-state index in [0.29, 0.717) is 6.54 Å². The van der Waals surface area contributed by atoms with E-state index in [-0.39, 0.29) is 0 Å². The Morgan fingerprint density at radius 2 is 1.95 bits per heavy atom. The number of H-pyrrole nitrogens is 1. The zero-order chi connectivity index (χ0) is 15.1. The molecule has 0 spiro atoms. The molecule has 0 unspecified atom stereocenters. The molecule has 0 saturated carbocycles. The highest BCUT2D eigenvalue weighted by Gasteiger charge is 2.00. The number of hydrogen-bond donors (Lipinski definition) is 3. The normalized spacial score (nSPS) is 11.5. The van der Waals surface area contributed by atoms with Crippen molar-refractivity contribution < 1.29 is 0 Å². The summed E-state index contributed by atoms with van der Waals surface area (Å²) in [5.41, 5.74) is 5.01. The molecule has 0 aliphatic rings. The Kier molecular flexibility index (Phi) is 5.37. The minimum atomic E-state index is 0.684. The summed E-state index contributed by atoms with van der Waals surface area (Å²) in [6, 6.07) is 8.60. The molecule has 1 aromatic carbocycles. The van der Waals surface area contributed by atoms with E-state index in [9.17, 15) is 0 Å². The lowest BCUT2D eigenvalue weighted by Crippen LogP contribution is -2.37. The number of aromatic nitrogens is 2. The van der Waals surface area contributed by atoms with Crippen LogP contribution in [0.1, 0.15) is 22.4 Å². The molecule has 21 heavy (non-hydrogen) atoms. The highest BCUT2D eigenvalue weighted by atomic mass is 15.2. The van der Waals surface area contributed by atoms with Crippen LogP contribution < -0.4 is 10.6 Å². The fourth-order valence-electron chi connectivity index (χ4n) is 2.32. The highest BCUT2D eigenvalue weighted by Crippen LogP contribution is 2.08. The molecule has 1 heterocycles. The number of rotatable bonds is 5. The number of guanidine groups is 1. The van der Waals surface area contributed by atoms with Crippen LogP contribution in [0.25, 0.3) is 0 Å². The van der Waals surface area contributed by atoms with Crippen molar-refractivity contribution in [1.29, 1.82) is 0 Å². The molecular weight excluding hydrogens is 262 g/mol. The molecule has 0 fully saturated rings. The minimum absolute atomic E-state index is 0.684. The smallest absolute Gasteiger partial charge is 0.191 e. The molecule has 0 aliphatic heterocycles. The third-order valence-electron chi connectivity index (χ3n) is 3.22. The topological polar surface area (TPSA) is 65.1 Å². The van der Waals surface area contributed by atoms with E-state index >= 15 is 0 Å². The van der Waals surface area contributed by atoms with Gasteiger partial charge in [0.05, 0.1) is 12.2 Å². The molecule has 0 bridgehead atoms. The molecule has 0 saturated heterocycles. The van der Waals surface area contributed by atoms with E-state index < -0.39 is 0 Å². The maximum atomic E-state index is 4.21. The van der Waals surface area contributed by atoms with Gasteiger partial charge in [-0.15, -0.1) is 0 Å². The summed E-state index contributed by atoms with van der Waals surface area (Å²) >= 11 is 0. The van der Waals surface area contributed by atoms with Crippen molar-refractivity contribution >= 4 is 5.96 Å². The van der Waals surface area contributed by atoms with E-state index in [1.165, 1.54) is 16.7 Å². The molecule has 5 heteroatoms. The van der Waals surface area contributed by atoms with E-state index in [1.807, 2.05) is 6.07 Å². The molecule has 112 valence electrons. The SMILES string of the molecule is CN=C(NCCc1cc(C)cc(C)c1)NCc1ccn[nH]1. The Balaban J connectivity index is 1.78. The third-order valence-corrected chi connectivity index (χ3v) is 3.22. The second-order valence-corrected chi connectivity index (χ2v) is 5.18. The largest absolute Gasteiger partial charge is 0.356 e. The van der Waals surface area contributed by atoms with Crippen LogP contribution in [0.15, 0.2) is 35.5 Å². The van der Waals surface area contributed by atoms with Crippen LogP contribution in [-0.4, -0.2) is 29.7 Å². The van der Waals surface area contributed by atoms with Crippen LogP contribution in [0.4, 0.5) is 0 Å². The van der Waals surface area contributed by atoms with Gasteiger partial charge in [0.2, 0.25) is 0 Å². The first-order valence-electron chi connectivity index (χ1n) is 7.17. The summed E-state index contributed by atoms with van der Waals surface area (Å²) in [7, 11) is 1.78. The zero-order valence-electron chi connectivity index (χ0n) is 12.9. The molecule has 1 aromatic heterocycles. The average Bonchev–Trinajstić information content (AvgIpc) is 2.94. The van der Waals surface area contributed by atoms with Crippen molar-refractivity contribution in [3.63, 3.8) is 0 Å². The fourth-order valence-corrected chi connectivity index (χ4v) is 2.32. The van der Waals surface area contributed by atoms with Crippen molar-refractivity contribution in [3.05, 3.63) is 52.8 Å². The second kappa shape index (κ2) is 7.47. The van der Waals surface area contributed by atoms with Gasteiger partial charge in [-0.05, 0) is 31.9 Å². The second-order valence-electron chi connectivity index (χ2n) is 5.18. The lowest BCUT2D eigenvalue weighted by molar-refractivity contribution is 0.779. The van der Waals surface area contributed by atoms with Crippen LogP contribution in [-0.2, 0) is 13.0 Å². The van der Waals surface area contributed by atoms with Gasteiger partial charge in [-0.25, -0.2) is 0 Å². The van der Waals surface area contributed by atoms with Crippen molar-refractivity contribution in [2.24, 2.45) is 4.99 Å². The maximum absolute atomic E-state index is 4.21. The standard InChI is InChI=1S/C16H23N5/c1-12-8-13(2)10-14(9-12)4-6-18-16(17-3)19-11-15-5-7-20-21-15/h5,7-10H,4,6,11H2,1-3H3,(H,20,21)(H2,17,18,19). The third kappa shape index (κ3) is 4.95. The van der Waals surface area contributed by atoms with Crippen LogP contribution in [0.2, 0.25) is 0 Å². The number of hydrogen-bond acceptors (Lipinski definition) is 2. The molecule has 3 N–H and O–H groups in total. The van der Waals surface area contributed by atoms with E-state index in [2.05, 4.69) is 57.9 Å². The lowest BCUT2D eigenvalue weighted by atomic mass is 10.1. The first-order valence-corrected chi connectivity index (χ1v) is 7.17. The van der Waals surface area contributed by atoms with Crippen LogP contribution in [0.3, 0.4) is 0 Å². The number of aromatic amines is 1. The van der Waals surface area contributed by atoms with Gasteiger partial charge in [-0.2, -0.15) is 5.10 Å². The Labute approximate surface area is 125 Å². The number of nitrogens with one attached hydrogen (secondary N) is 3. The summed E-state index contributed by atoms with van der Waals surface area (Å²) in [6.07, 6.45) is 2.72. The Bertz CT molecular complexity index is 566. The first kappa shape index (κ1) is 15.1. The zero-order valence-corrected chi connectivity index (χ0v) is 12.9. The predicted octanol–water partition coefficient (Wildman–Crippen LogP) is 1.93. The molecule has 0 radical (unpaired) electrons. The van der Waals surface area contributed by atoms with E-state index in [4.69, 9.17) is 0 Å². The summed E-state index contributed by atoms with van der Waals surface area (Å²) in [4.78, 5) is 4.21. The number of aliphatic imine (C=N–C) groups is 1. The molecule has 2 rings (SSSR count). The van der Waals surface area contributed by atoms with Crippen LogP contribution >= 0.6 is 0 Å². The first-order chi connectivity index (χ1) is 10.2. The molecule has 0 atom stereocenters. The van der Waals surface area contributed by atoms with Gasteiger partial charge >= 0.3 is 0 Å². The van der Waals surface area contributed by atoms with Crippen molar-refractivity contribution in [1.82, 2.24) is 20.8 Å². The Morgan fingerprint density at radius 1 is 1.19 bits per heavy atom. The van der Waals surface area contributed by atoms with Crippen LogP contribution in [0.5, 0.6) is 0 Å². The van der Waals surface area contributed by atoms with Gasteiger partial charge in [-0.3, -0.25) is 10.1 Å². The van der Waals surface area contributed by atoms with Gasteiger partial charge in [0.25, 0.3) is 0 Å². The predicted molar refractivity (Wildman–Crippen MR) is 86.4 cm³/mol. The van der Waals surface area contributed by atoms with Gasteiger partial charge in [0.15, 0.2) is 5.96 Å². The quantitative estimate of drug-likeness (QED) is 0.581. The number of aryl methyl sites for hydroxylation is 2. The molecule has 2 aromatic rings. The molecule has 0 aliphatic carbocycles. The number of nitrogens with zero attached hydrogens (tertiary/aromatic N) is 2. The van der Waals surface area contributed by atoms with Gasteiger partial charge < -0.3 is 10.6 Å². The summed E-state index contributed by atoms with van der Waals surface area (Å²) in [6.45, 7) is 5.80. The maximum Gasteiger partial charge on any atom is 0.191 e. The van der Waals surface area contributed by atoms with E-state index in [1.54, 1.807) is 13.2 Å². The summed E-state index contributed by atoms with van der Waals surface area (Å²) < 4.78 is 0. The summed E-state index contributed by atoms with van der Waals surface area (Å²) in [5, 5.41) is 13.4. The van der Waals surface area contributed by atoms with Crippen molar-refractivity contribution in [2.45, 2.75) is 26.8 Å². The van der Waals surface area contributed by atoms with Gasteiger partial charge in [-0.1, -0.05) is 29.3 Å². The van der Waals surface area contributed by atoms with Crippen LogP contribution in [0, 0.1) is 13.8 Å². The molecule has 5 nitrogen and oxygen atoms in total. The highest BCUT2D eigenvalue weighted by molar-refractivity contribution is 5.79. The lowest BCUT2D eigenvalue weighted by Gasteiger charge is -2.11. The van der Waals surface area contributed by atoms with E-state index in [0.717, 1.165) is 24.6 Å². The van der Waals surface area contributed by atoms with Gasteiger partial charge in [0.1, 0.15) is 0 Å². The summed E-state index contributed by atoms with van der Waals surface area (Å²) in [5.74, 6) is 0.800. The fraction of sp³-hybridized carbons (Fsp3) is 0.375. The monoisotopic (exact) mass is 285 g/mol. The Morgan fingerprint density at radius 3 is 2.57 bits per heavy atom. The van der Waals surface area contributed by atoms with Crippen molar-refractivity contribution in [3.8, 4) is 0 Å². The number of benzene rings is 1. The average molecular weight is 285 g/mol. The minimum Gasteiger partial charge on any atom is -0.356 e. The molecule has 0 amide bonds. The van der Waals surface area contributed by atoms with Gasteiger partial charge in [0, 0.05) is 19.8 Å².